The molecule has 108 valence electrons. The number of carbonyl (C=O) groups excluding carboxylic acids is 1. The number of thiazole rings is 1. The maximum Gasteiger partial charge on any atom is 0.274 e. The van der Waals surface area contributed by atoms with Crippen LogP contribution in [0.1, 0.15) is 27.5 Å². The molecular weight excluding hydrogens is 348 g/mol. The standard InChI is InChI=1S/C16H15BrN2OS/c1-11-18-14(15(17)21-11)16(20)19-9-7-13(8-10-19)12-5-3-2-4-6-12/h2-7H,8-10H2,1H3. The minimum Gasteiger partial charge on any atom is -0.333 e. The number of halogens is 1. The molecule has 0 radical (unpaired) electrons. The van der Waals surface area contributed by atoms with Gasteiger partial charge in [0.15, 0.2) is 5.69 Å². The van der Waals surface area contributed by atoms with E-state index in [4.69, 9.17) is 0 Å². The van der Waals surface area contributed by atoms with Gasteiger partial charge in [0.1, 0.15) is 3.79 Å². The molecule has 1 aliphatic rings. The molecule has 0 fully saturated rings. The highest BCUT2D eigenvalue weighted by Gasteiger charge is 2.23. The largest absolute Gasteiger partial charge is 0.333 e. The van der Waals surface area contributed by atoms with E-state index in [9.17, 15) is 4.79 Å². The zero-order chi connectivity index (χ0) is 14.8. The van der Waals surface area contributed by atoms with E-state index in [1.165, 1.54) is 22.5 Å². The molecule has 0 saturated carbocycles. The van der Waals surface area contributed by atoms with E-state index in [0.29, 0.717) is 12.2 Å². The first-order chi connectivity index (χ1) is 10.1. The third kappa shape index (κ3) is 3.09. The Labute approximate surface area is 136 Å². The maximum atomic E-state index is 12.5. The second-order valence-electron chi connectivity index (χ2n) is 4.95. The highest BCUT2D eigenvalue weighted by Crippen LogP contribution is 2.27. The van der Waals surface area contributed by atoms with Crippen LogP contribution in [-0.2, 0) is 0 Å². The molecule has 0 bridgehead atoms. The average Bonchev–Trinajstić information content (AvgIpc) is 2.86. The van der Waals surface area contributed by atoms with Crippen LogP contribution in [0.3, 0.4) is 0 Å². The van der Waals surface area contributed by atoms with E-state index in [-0.39, 0.29) is 5.91 Å². The summed E-state index contributed by atoms with van der Waals surface area (Å²) in [7, 11) is 0. The summed E-state index contributed by atoms with van der Waals surface area (Å²) in [6, 6.07) is 10.3. The lowest BCUT2D eigenvalue weighted by molar-refractivity contribution is 0.0767. The van der Waals surface area contributed by atoms with Gasteiger partial charge in [-0.2, -0.15) is 0 Å². The van der Waals surface area contributed by atoms with Crippen molar-refractivity contribution in [3.63, 3.8) is 0 Å². The van der Waals surface area contributed by atoms with Gasteiger partial charge in [-0.15, -0.1) is 11.3 Å². The fourth-order valence-corrected chi connectivity index (χ4v) is 4.04. The van der Waals surface area contributed by atoms with Gasteiger partial charge in [0.25, 0.3) is 5.91 Å². The van der Waals surface area contributed by atoms with Gasteiger partial charge in [0.05, 0.1) is 5.01 Å². The molecule has 0 atom stereocenters. The van der Waals surface area contributed by atoms with Crippen molar-refractivity contribution in [3.05, 3.63) is 56.5 Å². The average molecular weight is 363 g/mol. The Morgan fingerprint density at radius 3 is 2.67 bits per heavy atom. The zero-order valence-electron chi connectivity index (χ0n) is 11.7. The molecule has 0 aliphatic carbocycles. The quantitative estimate of drug-likeness (QED) is 0.803. The Bertz CT molecular complexity index is 694. The molecule has 0 spiro atoms. The van der Waals surface area contributed by atoms with Crippen molar-refractivity contribution in [2.75, 3.05) is 13.1 Å². The molecule has 0 N–H and O–H groups in total. The van der Waals surface area contributed by atoms with Gasteiger partial charge in [-0.25, -0.2) is 4.98 Å². The lowest BCUT2D eigenvalue weighted by Crippen LogP contribution is -2.35. The minimum absolute atomic E-state index is 0.00888. The molecule has 3 rings (SSSR count). The van der Waals surface area contributed by atoms with Crippen LogP contribution >= 0.6 is 27.3 Å². The Kier molecular flexibility index (Phi) is 4.22. The van der Waals surface area contributed by atoms with Gasteiger partial charge in [-0.05, 0) is 40.4 Å². The Morgan fingerprint density at radius 2 is 2.10 bits per heavy atom. The van der Waals surface area contributed by atoms with Crippen molar-refractivity contribution < 1.29 is 4.79 Å². The van der Waals surface area contributed by atoms with Gasteiger partial charge >= 0.3 is 0 Å². The van der Waals surface area contributed by atoms with Crippen molar-refractivity contribution >= 4 is 38.7 Å². The molecule has 2 heterocycles. The van der Waals surface area contributed by atoms with E-state index in [1.807, 2.05) is 30.0 Å². The van der Waals surface area contributed by atoms with Crippen LogP contribution < -0.4 is 0 Å². The first-order valence-electron chi connectivity index (χ1n) is 6.82. The maximum absolute atomic E-state index is 12.5. The topological polar surface area (TPSA) is 33.2 Å². The van der Waals surface area contributed by atoms with Crippen LogP contribution in [0.4, 0.5) is 0 Å². The van der Waals surface area contributed by atoms with Crippen molar-refractivity contribution in [1.82, 2.24) is 9.88 Å². The second kappa shape index (κ2) is 6.12. The van der Waals surface area contributed by atoms with E-state index in [1.54, 1.807) is 0 Å². The van der Waals surface area contributed by atoms with E-state index < -0.39 is 0 Å². The number of aromatic nitrogens is 1. The summed E-state index contributed by atoms with van der Waals surface area (Å²) in [6.45, 7) is 3.30. The number of aryl methyl sites for hydroxylation is 1. The normalized spacial score (nSPS) is 15.0. The molecule has 0 unspecified atom stereocenters. The van der Waals surface area contributed by atoms with Gasteiger partial charge < -0.3 is 4.90 Å². The Balaban J connectivity index is 1.75. The lowest BCUT2D eigenvalue weighted by atomic mass is 9.99. The molecule has 1 aromatic carbocycles. The summed E-state index contributed by atoms with van der Waals surface area (Å²) in [5.74, 6) is 0.00888. The molecule has 0 saturated heterocycles. The number of benzene rings is 1. The highest BCUT2D eigenvalue weighted by molar-refractivity contribution is 9.11. The molecule has 1 aromatic heterocycles. The molecule has 1 aliphatic heterocycles. The fraction of sp³-hybridized carbons (Fsp3) is 0.250. The third-order valence-corrected chi connectivity index (χ3v) is 5.16. The molecule has 5 heteroatoms. The van der Waals surface area contributed by atoms with Crippen molar-refractivity contribution in [3.8, 4) is 0 Å². The summed E-state index contributed by atoms with van der Waals surface area (Å²) < 4.78 is 0.822. The monoisotopic (exact) mass is 362 g/mol. The molecule has 21 heavy (non-hydrogen) atoms. The van der Waals surface area contributed by atoms with Crippen LogP contribution in [0, 0.1) is 6.92 Å². The molecule has 2 aromatic rings. The van der Waals surface area contributed by atoms with Gasteiger partial charge in [-0.3, -0.25) is 4.79 Å². The fourth-order valence-electron chi connectivity index (χ4n) is 2.45. The Hall–Kier alpha value is -1.46. The van der Waals surface area contributed by atoms with Crippen molar-refractivity contribution in [1.29, 1.82) is 0 Å². The number of hydrogen-bond acceptors (Lipinski definition) is 3. The number of hydrogen-bond donors (Lipinski definition) is 0. The number of rotatable bonds is 2. The van der Waals surface area contributed by atoms with Crippen molar-refractivity contribution in [2.24, 2.45) is 0 Å². The number of nitrogens with zero attached hydrogens (tertiary/aromatic N) is 2. The van der Waals surface area contributed by atoms with Crippen molar-refractivity contribution in [2.45, 2.75) is 13.3 Å². The second-order valence-corrected chi connectivity index (χ2v) is 7.47. The van der Waals surface area contributed by atoms with Crippen LogP contribution in [0.25, 0.3) is 5.57 Å². The Morgan fingerprint density at radius 1 is 1.33 bits per heavy atom. The van der Waals surface area contributed by atoms with Gasteiger partial charge in [0.2, 0.25) is 0 Å². The van der Waals surface area contributed by atoms with Gasteiger partial charge in [0, 0.05) is 13.1 Å². The molecule has 1 amide bonds. The number of carbonyl (C=O) groups is 1. The zero-order valence-corrected chi connectivity index (χ0v) is 14.1. The summed E-state index contributed by atoms with van der Waals surface area (Å²) >= 11 is 4.93. The van der Waals surface area contributed by atoms with Crippen LogP contribution in [-0.4, -0.2) is 28.9 Å². The smallest absolute Gasteiger partial charge is 0.274 e. The number of amides is 1. The predicted molar refractivity (Wildman–Crippen MR) is 89.5 cm³/mol. The van der Waals surface area contributed by atoms with Crippen LogP contribution in [0.15, 0.2) is 40.2 Å². The van der Waals surface area contributed by atoms with Crippen LogP contribution in [0.5, 0.6) is 0 Å². The molecule has 3 nitrogen and oxygen atoms in total. The summed E-state index contributed by atoms with van der Waals surface area (Å²) in [5, 5.41) is 0.905. The van der Waals surface area contributed by atoms with Gasteiger partial charge in [-0.1, -0.05) is 36.4 Å². The van der Waals surface area contributed by atoms with Crippen LogP contribution in [0.2, 0.25) is 0 Å². The van der Waals surface area contributed by atoms with E-state index in [2.05, 4.69) is 39.1 Å². The first kappa shape index (κ1) is 14.5. The third-order valence-electron chi connectivity index (χ3n) is 3.54. The van der Waals surface area contributed by atoms with E-state index in [0.717, 1.165) is 21.8 Å². The summed E-state index contributed by atoms with van der Waals surface area (Å²) in [6.07, 6.45) is 3.03. The minimum atomic E-state index is 0.00888. The molecular formula is C16H15BrN2OS. The summed E-state index contributed by atoms with van der Waals surface area (Å²) in [5.41, 5.74) is 3.09. The lowest BCUT2D eigenvalue weighted by Gasteiger charge is -2.26. The van der Waals surface area contributed by atoms with E-state index >= 15 is 0 Å². The summed E-state index contributed by atoms with van der Waals surface area (Å²) in [4.78, 5) is 18.7. The first-order valence-corrected chi connectivity index (χ1v) is 8.43. The predicted octanol–water partition coefficient (Wildman–Crippen LogP) is 4.14. The SMILES string of the molecule is Cc1nc(C(=O)N2CC=C(c3ccccc3)CC2)c(Br)s1. The highest BCUT2D eigenvalue weighted by atomic mass is 79.9.